The number of benzene rings is 4. The van der Waals surface area contributed by atoms with Crippen LogP contribution < -0.4 is 18.9 Å². The summed E-state index contributed by atoms with van der Waals surface area (Å²) < 4.78 is 34.8. The number of methoxy groups -OCH3 is 3. The van der Waals surface area contributed by atoms with E-state index < -0.39 is 12.3 Å². The van der Waals surface area contributed by atoms with Crippen LogP contribution in [0.25, 0.3) is 10.8 Å². The maximum absolute atomic E-state index is 12.1. The smallest absolute Gasteiger partial charge is 0.409 e. The molecule has 0 saturated carbocycles. The fourth-order valence-electron chi connectivity index (χ4n) is 5.87. The molecule has 1 amide bonds. The van der Waals surface area contributed by atoms with E-state index in [1.165, 1.54) is 4.90 Å². The number of piperidine rings is 1. The number of fused-ring (bicyclic) bond motifs is 1. The van der Waals surface area contributed by atoms with Crippen molar-refractivity contribution in [2.45, 2.75) is 44.6 Å². The van der Waals surface area contributed by atoms with Crippen molar-refractivity contribution in [2.75, 3.05) is 41.1 Å². The summed E-state index contributed by atoms with van der Waals surface area (Å²) in [5.41, 5.74) is 2.95. The van der Waals surface area contributed by atoms with Gasteiger partial charge >= 0.3 is 6.09 Å². The first-order valence-corrected chi connectivity index (χ1v) is 15.2. The molecule has 1 aliphatic heterocycles. The van der Waals surface area contributed by atoms with Crippen LogP contribution in [0.4, 0.5) is 4.79 Å². The second-order valence-electron chi connectivity index (χ2n) is 10.9. The molecular weight excluding hydrogens is 574 g/mol. The lowest BCUT2D eigenvalue weighted by Gasteiger charge is -2.37. The average Bonchev–Trinajstić information content (AvgIpc) is 3.08. The molecule has 1 heterocycles. The molecule has 238 valence electrons. The Bertz CT molecular complexity index is 1560. The van der Waals surface area contributed by atoms with Gasteiger partial charge in [-0.3, -0.25) is 4.90 Å². The number of amides is 1. The van der Waals surface area contributed by atoms with Gasteiger partial charge in [-0.15, -0.1) is 0 Å². The summed E-state index contributed by atoms with van der Waals surface area (Å²) in [7, 11) is 4.92. The largest absolute Gasteiger partial charge is 0.496 e. The van der Waals surface area contributed by atoms with Crippen LogP contribution in [0.5, 0.6) is 23.0 Å². The number of likely N-dealkylation sites (tertiary alicyclic amines) is 1. The van der Waals surface area contributed by atoms with Gasteiger partial charge in [0.2, 0.25) is 0 Å². The molecule has 4 aromatic carbocycles. The molecule has 0 aromatic heterocycles. The molecule has 2 atom stereocenters. The Morgan fingerprint density at radius 2 is 1.56 bits per heavy atom. The van der Waals surface area contributed by atoms with Gasteiger partial charge in [0.15, 0.2) is 0 Å². The van der Waals surface area contributed by atoms with E-state index in [0.29, 0.717) is 50.7 Å². The monoisotopic (exact) mass is 615 g/mol. The van der Waals surface area contributed by atoms with Gasteiger partial charge in [0.25, 0.3) is 0 Å². The number of para-hydroxylation sites is 1. The summed E-state index contributed by atoms with van der Waals surface area (Å²) in [5.74, 6) is 3.17. The van der Waals surface area contributed by atoms with Crippen LogP contribution in [0.1, 0.15) is 41.9 Å². The van der Waals surface area contributed by atoms with Crippen molar-refractivity contribution in [3.05, 3.63) is 95.6 Å². The molecule has 4 aromatic rings. The minimum absolute atomic E-state index is 0.149. The zero-order chi connectivity index (χ0) is 31.6. The zero-order valence-corrected chi connectivity index (χ0v) is 26.1. The van der Waals surface area contributed by atoms with Crippen LogP contribution in [-0.4, -0.2) is 63.4 Å². The van der Waals surface area contributed by atoms with Gasteiger partial charge in [-0.1, -0.05) is 54.6 Å². The second kappa shape index (κ2) is 15.5. The van der Waals surface area contributed by atoms with Crippen LogP contribution >= 0.6 is 0 Å². The van der Waals surface area contributed by atoms with Crippen LogP contribution in [0.15, 0.2) is 78.9 Å². The lowest BCUT2D eigenvalue weighted by atomic mass is 9.88. The third-order valence-electron chi connectivity index (χ3n) is 8.19. The first-order chi connectivity index (χ1) is 22.0. The number of nitrogens with zero attached hydrogens (tertiary/aromatic N) is 1. The summed E-state index contributed by atoms with van der Waals surface area (Å²) in [4.78, 5) is 13.5. The lowest BCUT2D eigenvalue weighted by molar-refractivity contribution is -0.0796. The van der Waals surface area contributed by atoms with Crippen LogP contribution in [0, 0.1) is 0 Å². The van der Waals surface area contributed by atoms with E-state index in [1.807, 2.05) is 66.7 Å². The van der Waals surface area contributed by atoms with Crippen molar-refractivity contribution in [2.24, 2.45) is 0 Å². The first kappa shape index (κ1) is 31.9. The number of carboxylic acid groups (broad SMARTS) is 1. The maximum Gasteiger partial charge on any atom is 0.409 e. The number of ether oxygens (including phenoxy) is 6. The molecule has 0 radical (unpaired) electrons. The summed E-state index contributed by atoms with van der Waals surface area (Å²) in [6.07, 6.45) is 0.427. The predicted molar refractivity (Wildman–Crippen MR) is 172 cm³/mol. The Morgan fingerprint density at radius 1 is 0.822 bits per heavy atom. The maximum atomic E-state index is 12.1. The Labute approximate surface area is 264 Å². The van der Waals surface area contributed by atoms with Gasteiger partial charge < -0.3 is 33.5 Å². The molecule has 1 fully saturated rings. The summed E-state index contributed by atoms with van der Waals surface area (Å²) in [6, 6.07) is 25.6. The normalized spacial score (nSPS) is 16.4. The molecule has 1 saturated heterocycles. The first-order valence-electron chi connectivity index (χ1n) is 15.2. The van der Waals surface area contributed by atoms with Crippen molar-refractivity contribution >= 4 is 16.9 Å². The van der Waals surface area contributed by atoms with Crippen molar-refractivity contribution in [1.29, 1.82) is 0 Å². The van der Waals surface area contributed by atoms with E-state index in [-0.39, 0.29) is 12.5 Å². The molecular formula is C36H41NO8. The van der Waals surface area contributed by atoms with Crippen molar-refractivity contribution < 1.29 is 38.3 Å². The van der Waals surface area contributed by atoms with E-state index in [1.54, 1.807) is 21.3 Å². The fourth-order valence-corrected chi connectivity index (χ4v) is 5.87. The summed E-state index contributed by atoms with van der Waals surface area (Å²) >= 11 is 0. The Balaban J connectivity index is 1.15. The highest BCUT2D eigenvalue weighted by Crippen LogP contribution is 2.38. The van der Waals surface area contributed by atoms with Gasteiger partial charge in [0, 0.05) is 34.9 Å². The van der Waals surface area contributed by atoms with E-state index in [0.717, 1.165) is 45.4 Å². The average molecular weight is 616 g/mol. The number of carbonyl (C=O) groups is 1. The number of hydrogen-bond donors (Lipinski definition) is 1. The van der Waals surface area contributed by atoms with E-state index in [9.17, 15) is 9.90 Å². The minimum Gasteiger partial charge on any atom is -0.496 e. The molecule has 1 aliphatic rings. The Hall–Kier alpha value is -4.47. The van der Waals surface area contributed by atoms with Gasteiger partial charge in [-0.25, -0.2) is 4.79 Å². The molecule has 0 spiro atoms. The topological polar surface area (TPSA) is 95.9 Å². The molecule has 1 N–H and O–H groups in total. The molecule has 0 bridgehead atoms. The standard InChI is InChI=1S/C36H41NO8/c1-40-32-12-7-4-9-27(32)23-43-19-8-20-44-29-15-13-25(14-16-29)26-17-18-37(36(38)39)34(22-26)45-24-28-21-33(41-2)30-10-5-6-11-31(30)35(28)42-3/h4-7,9-16,21,26,34H,8,17-20,22-24H2,1-3H3,(H,38,39). The molecule has 5 rings (SSSR count). The number of hydrogen-bond acceptors (Lipinski definition) is 7. The molecule has 9 heteroatoms. The van der Waals surface area contributed by atoms with Gasteiger partial charge in [0.1, 0.15) is 29.2 Å². The van der Waals surface area contributed by atoms with E-state index in [2.05, 4.69) is 12.1 Å². The third kappa shape index (κ3) is 7.79. The summed E-state index contributed by atoms with van der Waals surface area (Å²) in [6.45, 7) is 2.18. The molecule has 0 aliphatic carbocycles. The lowest BCUT2D eigenvalue weighted by Crippen LogP contribution is -2.46. The third-order valence-corrected chi connectivity index (χ3v) is 8.19. The molecule has 2 unspecified atom stereocenters. The van der Waals surface area contributed by atoms with Crippen molar-refractivity contribution in [3.63, 3.8) is 0 Å². The minimum atomic E-state index is -0.989. The highest BCUT2D eigenvalue weighted by Gasteiger charge is 2.33. The van der Waals surface area contributed by atoms with Gasteiger partial charge in [-0.05, 0) is 48.6 Å². The van der Waals surface area contributed by atoms with Crippen molar-refractivity contribution in [1.82, 2.24) is 4.90 Å². The number of rotatable bonds is 14. The van der Waals surface area contributed by atoms with E-state index in [4.69, 9.17) is 28.4 Å². The van der Waals surface area contributed by atoms with Gasteiger partial charge in [-0.2, -0.15) is 0 Å². The fraction of sp³-hybridized carbons (Fsp3) is 0.361. The predicted octanol–water partition coefficient (Wildman–Crippen LogP) is 7.25. The van der Waals surface area contributed by atoms with Crippen LogP contribution in [0.3, 0.4) is 0 Å². The van der Waals surface area contributed by atoms with Crippen LogP contribution in [-0.2, 0) is 22.7 Å². The second-order valence-corrected chi connectivity index (χ2v) is 10.9. The highest BCUT2D eigenvalue weighted by molar-refractivity contribution is 5.94. The molecule has 9 nitrogen and oxygen atoms in total. The molecule has 45 heavy (non-hydrogen) atoms. The summed E-state index contributed by atoms with van der Waals surface area (Å²) in [5, 5.41) is 11.8. The highest BCUT2D eigenvalue weighted by atomic mass is 16.5. The Kier molecular flexibility index (Phi) is 11.0. The quantitative estimate of drug-likeness (QED) is 0.148. The van der Waals surface area contributed by atoms with E-state index >= 15 is 0 Å². The van der Waals surface area contributed by atoms with Gasteiger partial charge in [0.05, 0.1) is 47.8 Å². The zero-order valence-electron chi connectivity index (χ0n) is 26.1. The van der Waals surface area contributed by atoms with Crippen LogP contribution in [0.2, 0.25) is 0 Å². The SMILES string of the molecule is COc1ccccc1COCCCOc1ccc(C2CCN(C(=O)O)C(OCc3cc(OC)c4ccccc4c3OC)C2)cc1. The van der Waals surface area contributed by atoms with Crippen molar-refractivity contribution in [3.8, 4) is 23.0 Å². The Morgan fingerprint density at radius 3 is 2.29 bits per heavy atom.